The third-order valence-electron chi connectivity index (χ3n) is 6.90. The van der Waals surface area contributed by atoms with Gasteiger partial charge in [-0.05, 0) is 18.1 Å². The Morgan fingerprint density at radius 3 is 2.91 bits per heavy atom. The van der Waals surface area contributed by atoms with Crippen molar-refractivity contribution < 1.29 is 14.4 Å². The maximum atomic E-state index is 13.5. The van der Waals surface area contributed by atoms with Crippen molar-refractivity contribution in [2.24, 2.45) is 11.8 Å². The van der Waals surface area contributed by atoms with Gasteiger partial charge in [0, 0.05) is 56.8 Å². The molecule has 0 radical (unpaired) electrons. The monoisotopic (exact) mass is 479 g/mol. The lowest BCUT2D eigenvalue weighted by molar-refractivity contribution is -0.137. The van der Waals surface area contributed by atoms with Crippen LogP contribution >= 0.6 is 11.3 Å². The summed E-state index contributed by atoms with van der Waals surface area (Å²) >= 11 is 1.39. The van der Waals surface area contributed by atoms with Gasteiger partial charge < -0.3 is 20.0 Å². The molecule has 1 unspecified atom stereocenters. The van der Waals surface area contributed by atoms with Crippen LogP contribution in [0.5, 0.6) is 0 Å². The zero-order valence-corrected chi connectivity index (χ0v) is 19.6. The average molecular weight is 480 g/mol. The Morgan fingerprint density at radius 2 is 2.18 bits per heavy atom. The lowest BCUT2D eigenvalue weighted by Crippen LogP contribution is -2.41. The van der Waals surface area contributed by atoms with Gasteiger partial charge in [0.05, 0.1) is 30.1 Å². The van der Waals surface area contributed by atoms with E-state index in [0.29, 0.717) is 44.2 Å². The Kier molecular flexibility index (Phi) is 5.91. The van der Waals surface area contributed by atoms with E-state index in [9.17, 15) is 14.4 Å². The first-order valence-electron chi connectivity index (χ1n) is 11.3. The Balaban J connectivity index is 1.27. The number of carbonyl (C=O) groups is 3. The molecule has 0 bridgehead atoms. The highest BCUT2D eigenvalue weighted by molar-refractivity contribution is 7.15. The van der Waals surface area contributed by atoms with Crippen LogP contribution in [0.15, 0.2) is 24.5 Å². The highest BCUT2D eigenvalue weighted by Gasteiger charge is 2.45. The van der Waals surface area contributed by atoms with E-state index >= 15 is 0 Å². The number of aromatic nitrogens is 2. The summed E-state index contributed by atoms with van der Waals surface area (Å²) < 4.78 is 0. The van der Waals surface area contributed by atoms with Crippen LogP contribution in [0.4, 0.5) is 5.13 Å². The standard InChI is InChI=1S/C23H25N7O3S/c1-28-19(31)9-16(20(28)14-3-2-6-25-10-14)22(33)30-8-5-17-18(12-30)34-23(26-17)27-21(32)15-4-7-29(11-15)13-24/h2-3,6,10,15-16,20H,4-5,7-9,11-12H2,1H3,(H,26,27,32)/t15-,16?,20-/m0/s1. The number of amides is 3. The number of nitrogens with one attached hydrogen (secondary N) is 1. The molecule has 34 heavy (non-hydrogen) atoms. The van der Waals surface area contributed by atoms with E-state index in [2.05, 4.69) is 21.5 Å². The fourth-order valence-corrected chi connectivity index (χ4v) is 6.07. The minimum Gasteiger partial charge on any atom is -0.338 e. The molecule has 10 nitrogen and oxygen atoms in total. The summed E-state index contributed by atoms with van der Waals surface area (Å²) in [5.74, 6) is -0.891. The molecule has 1 N–H and O–H groups in total. The van der Waals surface area contributed by atoms with Gasteiger partial charge in [-0.3, -0.25) is 19.4 Å². The molecule has 0 saturated carbocycles. The number of anilines is 1. The molecule has 176 valence electrons. The number of hydrogen-bond acceptors (Lipinski definition) is 8. The SMILES string of the molecule is CN1C(=O)CC(C(=O)N2CCc3nc(NC(=O)[C@H]4CCN(C#N)C4)sc3C2)[C@@H]1c1cccnc1. The van der Waals surface area contributed by atoms with Crippen molar-refractivity contribution in [2.45, 2.75) is 31.8 Å². The molecule has 2 saturated heterocycles. The Labute approximate surface area is 201 Å². The van der Waals surface area contributed by atoms with Gasteiger partial charge in [-0.15, -0.1) is 0 Å². The number of fused-ring (bicyclic) bond motifs is 1. The second kappa shape index (κ2) is 9.02. The molecule has 5 heterocycles. The van der Waals surface area contributed by atoms with Gasteiger partial charge in [-0.1, -0.05) is 17.4 Å². The van der Waals surface area contributed by atoms with Crippen LogP contribution in [0.2, 0.25) is 0 Å². The van der Waals surface area contributed by atoms with Crippen LogP contribution in [0, 0.1) is 23.3 Å². The van der Waals surface area contributed by atoms with Gasteiger partial charge in [0.15, 0.2) is 11.3 Å². The number of nitriles is 1. The molecule has 2 aromatic rings. The third kappa shape index (κ3) is 4.09. The van der Waals surface area contributed by atoms with Crippen LogP contribution in [0.25, 0.3) is 0 Å². The number of pyridine rings is 1. The van der Waals surface area contributed by atoms with E-state index in [1.807, 2.05) is 12.1 Å². The van der Waals surface area contributed by atoms with E-state index in [-0.39, 0.29) is 36.1 Å². The lowest BCUT2D eigenvalue weighted by Gasteiger charge is -2.31. The van der Waals surface area contributed by atoms with Gasteiger partial charge >= 0.3 is 0 Å². The molecule has 2 fully saturated rings. The molecule has 11 heteroatoms. The van der Waals surface area contributed by atoms with Crippen LogP contribution in [-0.4, -0.2) is 69.1 Å². The van der Waals surface area contributed by atoms with Crippen LogP contribution in [0.3, 0.4) is 0 Å². The van der Waals surface area contributed by atoms with Crippen molar-refractivity contribution in [2.75, 3.05) is 32.0 Å². The highest BCUT2D eigenvalue weighted by atomic mass is 32.1. The van der Waals surface area contributed by atoms with Crippen molar-refractivity contribution in [1.82, 2.24) is 24.7 Å². The fourth-order valence-electron chi connectivity index (χ4n) is 5.04. The average Bonchev–Trinajstić information content (AvgIpc) is 3.56. The molecule has 3 atom stereocenters. The predicted molar refractivity (Wildman–Crippen MR) is 123 cm³/mol. The predicted octanol–water partition coefficient (Wildman–Crippen LogP) is 1.38. The summed E-state index contributed by atoms with van der Waals surface area (Å²) in [6.45, 7) is 1.97. The molecule has 0 spiro atoms. The number of nitrogens with zero attached hydrogens (tertiary/aromatic N) is 6. The summed E-state index contributed by atoms with van der Waals surface area (Å²) in [7, 11) is 1.74. The first-order chi connectivity index (χ1) is 16.4. The van der Waals surface area contributed by atoms with Crippen molar-refractivity contribution >= 4 is 34.2 Å². The number of hydrogen-bond donors (Lipinski definition) is 1. The van der Waals surface area contributed by atoms with E-state index in [4.69, 9.17) is 5.26 Å². The second-order valence-electron chi connectivity index (χ2n) is 8.97. The molecule has 5 rings (SSSR count). The fraction of sp³-hybridized carbons (Fsp3) is 0.478. The number of likely N-dealkylation sites (tertiary alicyclic amines) is 2. The van der Waals surface area contributed by atoms with Crippen molar-refractivity contribution in [1.29, 1.82) is 5.26 Å². The Bertz CT molecular complexity index is 1160. The van der Waals surface area contributed by atoms with Gasteiger partial charge in [0.1, 0.15) is 0 Å². The summed E-state index contributed by atoms with van der Waals surface area (Å²) in [6, 6.07) is 3.39. The molecular formula is C23H25N7O3S. The molecule has 3 aliphatic rings. The van der Waals surface area contributed by atoms with E-state index in [1.165, 1.54) is 11.3 Å². The molecule has 0 aliphatic carbocycles. The van der Waals surface area contributed by atoms with Gasteiger partial charge in [-0.2, -0.15) is 5.26 Å². The largest absolute Gasteiger partial charge is 0.338 e. The van der Waals surface area contributed by atoms with Crippen molar-refractivity contribution in [3.63, 3.8) is 0 Å². The zero-order chi connectivity index (χ0) is 23.8. The zero-order valence-electron chi connectivity index (χ0n) is 18.8. The summed E-state index contributed by atoms with van der Waals surface area (Å²) in [4.78, 5) is 53.3. The normalized spacial score (nSPS) is 24.2. The molecule has 3 amide bonds. The van der Waals surface area contributed by atoms with Crippen molar-refractivity contribution in [3.8, 4) is 6.19 Å². The first kappa shape index (κ1) is 22.3. The van der Waals surface area contributed by atoms with Gasteiger partial charge in [0.2, 0.25) is 17.7 Å². The summed E-state index contributed by atoms with van der Waals surface area (Å²) in [5, 5.41) is 12.4. The smallest absolute Gasteiger partial charge is 0.231 e. The Hall–Kier alpha value is -3.52. The molecular weight excluding hydrogens is 454 g/mol. The highest BCUT2D eigenvalue weighted by Crippen LogP contribution is 2.39. The second-order valence-corrected chi connectivity index (χ2v) is 10.0. The summed E-state index contributed by atoms with van der Waals surface area (Å²) in [5.41, 5.74) is 1.76. The van der Waals surface area contributed by atoms with Gasteiger partial charge in [-0.25, -0.2) is 4.98 Å². The summed E-state index contributed by atoms with van der Waals surface area (Å²) in [6.07, 6.45) is 6.92. The molecule has 3 aliphatic heterocycles. The quantitative estimate of drug-likeness (QED) is 0.658. The number of thiazole rings is 1. The van der Waals surface area contributed by atoms with Crippen LogP contribution in [-0.2, 0) is 27.3 Å². The molecule has 2 aromatic heterocycles. The molecule has 0 aromatic carbocycles. The Morgan fingerprint density at radius 1 is 1.32 bits per heavy atom. The topological polar surface area (TPSA) is 123 Å². The van der Waals surface area contributed by atoms with E-state index in [1.54, 1.807) is 34.1 Å². The lowest BCUT2D eigenvalue weighted by atomic mass is 9.93. The van der Waals surface area contributed by atoms with Crippen molar-refractivity contribution in [3.05, 3.63) is 40.7 Å². The number of rotatable bonds is 4. The first-order valence-corrected chi connectivity index (χ1v) is 12.1. The maximum Gasteiger partial charge on any atom is 0.231 e. The van der Waals surface area contributed by atoms with Crippen LogP contribution < -0.4 is 5.32 Å². The van der Waals surface area contributed by atoms with Gasteiger partial charge in [0.25, 0.3) is 0 Å². The minimum atomic E-state index is -0.458. The van der Waals surface area contributed by atoms with E-state index < -0.39 is 5.92 Å². The third-order valence-corrected chi connectivity index (χ3v) is 7.90. The van der Waals surface area contributed by atoms with E-state index in [0.717, 1.165) is 16.1 Å². The maximum absolute atomic E-state index is 13.5. The minimum absolute atomic E-state index is 0.0428. The van der Waals surface area contributed by atoms with Crippen LogP contribution in [0.1, 0.15) is 35.0 Å². The number of carbonyl (C=O) groups excluding carboxylic acids is 3.